The summed E-state index contributed by atoms with van der Waals surface area (Å²) in [4.78, 5) is 26.8. The number of aliphatic hydroxyl groups is 3. The van der Waals surface area contributed by atoms with Crippen LogP contribution in [0.15, 0.2) is 0 Å². The van der Waals surface area contributed by atoms with Crippen molar-refractivity contribution >= 4 is 43.7 Å². The Morgan fingerprint density at radius 2 is 1.62 bits per heavy atom. The molecule has 16 heavy (non-hydrogen) atoms. The zero-order valence-corrected chi connectivity index (χ0v) is 8.69. The Bertz CT molecular complexity index is 255. The molecule has 0 saturated heterocycles. The standard InChI is InChI=1S/C6H13O8P.Na.H/c1-3(14-15(11,12)13)5(9)6(10)4(8)2-7;;/h2-6,8-10H,1H3,(H2,11,12,13);;/t3-,4-,5-,6-;;/m0../s1. The molecule has 0 saturated carbocycles. The summed E-state index contributed by atoms with van der Waals surface area (Å²) in [6.07, 6.45) is -6.96. The summed E-state index contributed by atoms with van der Waals surface area (Å²) in [6.45, 7) is 1.07. The summed E-state index contributed by atoms with van der Waals surface area (Å²) < 4.78 is 14.4. The predicted molar refractivity (Wildman–Crippen MR) is 53.8 cm³/mol. The number of carbonyl (C=O) groups is 1. The van der Waals surface area contributed by atoms with Gasteiger partial charge in [-0.05, 0) is 6.92 Å². The zero-order valence-electron chi connectivity index (χ0n) is 7.79. The summed E-state index contributed by atoms with van der Waals surface area (Å²) in [5, 5.41) is 27.1. The Morgan fingerprint density at radius 1 is 1.19 bits per heavy atom. The number of rotatable bonds is 6. The first-order valence-electron chi connectivity index (χ1n) is 3.92. The monoisotopic (exact) mass is 268 g/mol. The van der Waals surface area contributed by atoms with Gasteiger partial charge in [-0.2, -0.15) is 0 Å². The molecule has 0 aliphatic carbocycles. The number of aldehydes is 1. The van der Waals surface area contributed by atoms with Gasteiger partial charge in [-0.15, -0.1) is 0 Å². The first-order chi connectivity index (χ1) is 6.69. The van der Waals surface area contributed by atoms with E-state index in [0.29, 0.717) is 0 Å². The Hall–Kier alpha value is 0.660. The summed E-state index contributed by atoms with van der Waals surface area (Å²) in [5.74, 6) is 0. The number of phosphoric acid groups is 1. The average Bonchev–Trinajstić information content (AvgIpc) is 2.11. The van der Waals surface area contributed by atoms with Crippen molar-refractivity contribution < 1.29 is 39.0 Å². The molecular weight excluding hydrogens is 254 g/mol. The topological polar surface area (TPSA) is 145 Å². The molecule has 0 heterocycles. The van der Waals surface area contributed by atoms with Crippen LogP contribution in [0.2, 0.25) is 0 Å². The van der Waals surface area contributed by atoms with Gasteiger partial charge in [0.15, 0.2) is 6.29 Å². The van der Waals surface area contributed by atoms with Crippen molar-refractivity contribution in [3.05, 3.63) is 0 Å². The molecule has 0 amide bonds. The maximum absolute atomic E-state index is 10.4. The number of carbonyl (C=O) groups excluding carboxylic acids is 1. The van der Waals surface area contributed by atoms with Crippen LogP contribution in [0.1, 0.15) is 6.92 Å². The number of aliphatic hydroxyl groups excluding tert-OH is 3. The van der Waals surface area contributed by atoms with E-state index >= 15 is 0 Å². The molecule has 0 rings (SSSR count). The van der Waals surface area contributed by atoms with Crippen LogP contribution in [0.25, 0.3) is 0 Å². The van der Waals surface area contributed by atoms with Gasteiger partial charge in [0.05, 0.1) is 6.10 Å². The number of phosphoric ester groups is 1. The van der Waals surface area contributed by atoms with Crippen LogP contribution in [0.3, 0.4) is 0 Å². The van der Waals surface area contributed by atoms with E-state index in [9.17, 15) is 14.5 Å². The summed E-state index contributed by atoms with van der Waals surface area (Å²) in [7, 11) is -4.80. The number of hydrogen-bond acceptors (Lipinski definition) is 6. The first kappa shape index (κ1) is 19.0. The van der Waals surface area contributed by atoms with Crippen molar-refractivity contribution in [3.8, 4) is 0 Å². The summed E-state index contributed by atoms with van der Waals surface area (Å²) >= 11 is 0. The predicted octanol–water partition coefficient (Wildman–Crippen LogP) is -2.88. The Labute approximate surface area is 114 Å². The van der Waals surface area contributed by atoms with Gasteiger partial charge in [-0.3, -0.25) is 4.52 Å². The third kappa shape index (κ3) is 7.08. The van der Waals surface area contributed by atoms with Gasteiger partial charge < -0.3 is 29.9 Å². The first-order valence-corrected chi connectivity index (χ1v) is 5.45. The van der Waals surface area contributed by atoms with Crippen LogP contribution in [-0.2, 0) is 13.9 Å². The van der Waals surface area contributed by atoms with Crippen molar-refractivity contribution in [3.63, 3.8) is 0 Å². The third-order valence-corrected chi connectivity index (χ3v) is 2.23. The van der Waals surface area contributed by atoms with E-state index in [1.54, 1.807) is 0 Å². The van der Waals surface area contributed by atoms with Crippen LogP contribution < -0.4 is 0 Å². The van der Waals surface area contributed by atoms with Crippen molar-refractivity contribution in [2.75, 3.05) is 0 Å². The van der Waals surface area contributed by atoms with E-state index in [1.165, 1.54) is 0 Å². The van der Waals surface area contributed by atoms with E-state index in [-0.39, 0.29) is 35.8 Å². The number of hydrogen-bond donors (Lipinski definition) is 5. The Morgan fingerprint density at radius 3 is 1.94 bits per heavy atom. The zero-order chi connectivity index (χ0) is 12.2. The van der Waals surface area contributed by atoms with Crippen LogP contribution in [0.5, 0.6) is 0 Å². The Kier molecular flexibility index (Phi) is 9.37. The van der Waals surface area contributed by atoms with Gasteiger partial charge in [-0.1, -0.05) is 0 Å². The molecule has 0 aromatic carbocycles. The molecule has 0 aliphatic heterocycles. The minimum absolute atomic E-state index is 0. The van der Waals surface area contributed by atoms with Gasteiger partial charge >= 0.3 is 37.4 Å². The molecule has 10 heteroatoms. The molecule has 92 valence electrons. The SMILES string of the molecule is C[C@H](OP(=O)(O)O)[C@H](O)[C@@H](O)[C@@H](O)C=O.[NaH]. The summed E-state index contributed by atoms with van der Waals surface area (Å²) in [5.41, 5.74) is 0. The molecule has 0 aromatic heterocycles. The van der Waals surface area contributed by atoms with E-state index in [2.05, 4.69) is 4.52 Å². The van der Waals surface area contributed by atoms with E-state index in [4.69, 9.17) is 20.0 Å². The molecule has 0 radical (unpaired) electrons. The molecule has 0 fully saturated rings. The van der Waals surface area contributed by atoms with Crippen molar-refractivity contribution in [1.82, 2.24) is 0 Å². The van der Waals surface area contributed by atoms with E-state index in [1.807, 2.05) is 0 Å². The second kappa shape index (κ2) is 7.88. The molecule has 8 nitrogen and oxygen atoms in total. The minimum atomic E-state index is -4.80. The van der Waals surface area contributed by atoms with Gasteiger partial charge in [-0.25, -0.2) is 4.57 Å². The fourth-order valence-electron chi connectivity index (χ4n) is 0.839. The maximum atomic E-state index is 10.4. The van der Waals surface area contributed by atoms with Crippen molar-refractivity contribution in [1.29, 1.82) is 0 Å². The van der Waals surface area contributed by atoms with Crippen LogP contribution >= 0.6 is 7.82 Å². The van der Waals surface area contributed by atoms with Gasteiger partial charge in [0.1, 0.15) is 18.3 Å². The Balaban J connectivity index is 0. The fraction of sp³-hybridized carbons (Fsp3) is 0.833. The normalized spacial score (nSPS) is 19.1. The average molecular weight is 268 g/mol. The van der Waals surface area contributed by atoms with Crippen molar-refractivity contribution in [2.24, 2.45) is 0 Å². The van der Waals surface area contributed by atoms with Crippen LogP contribution in [0, 0.1) is 0 Å². The molecule has 0 unspecified atom stereocenters. The van der Waals surface area contributed by atoms with E-state index < -0.39 is 32.2 Å². The quantitative estimate of drug-likeness (QED) is 0.196. The second-order valence-electron chi connectivity index (χ2n) is 2.91. The molecule has 5 N–H and O–H groups in total. The van der Waals surface area contributed by atoms with E-state index in [0.717, 1.165) is 6.92 Å². The van der Waals surface area contributed by atoms with Crippen LogP contribution in [0.4, 0.5) is 0 Å². The molecule has 0 bridgehead atoms. The van der Waals surface area contributed by atoms with Gasteiger partial charge in [0.25, 0.3) is 0 Å². The van der Waals surface area contributed by atoms with Gasteiger partial charge in [0.2, 0.25) is 0 Å². The molecule has 0 spiro atoms. The van der Waals surface area contributed by atoms with Crippen LogP contribution in [-0.4, -0.2) is 85.4 Å². The second-order valence-corrected chi connectivity index (χ2v) is 4.10. The fourth-order valence-corrected chi connectivity index (χ4v) is 1.40. The molecule has 4 atom stereocenters. The molecule has 0 aliphatic rings. The van der Waals surface area contributed by atoms with Crippen molar-refractivity contribution in [2.45, 2.75) is 31.3 Å². The molecular formula is C6H14NaO8P. The third-order valence-electron chi connectivity index (χ3n) is 1.62. The summed E-state index contributed by atoms with van der Waals surface area (Å²) in [6, 6.07) is 0. The molecule has 0 aromatic rings. The van der Waals surface area contributed by atoms with Gasteiger partial charge in [0, 0.05) is 0 Å².